The number of hydrazine groups is 1. The highest BCUT2D eigenvalue weighted by molar-refractivity contribution is 7.91. The highest BCUT2D eigenvalue weighted by Gasteiger charge is 2.36. The smallest absolute Gasteiger partial charge is 0.274 e. The molecule has 2 amide bonds. The molecule has 0 fully saturated rings. The second-order valence-electron chi connectivity index (χ2n) is 9.65. The summed E-state index contributed by atoms with van der Waals surface area (Å²) in [5, 5.41) is 4.69. The Hall–Kier alpha value is -4.18. The van der Waals surface area contributed by atoms with Gasteiger partial charge in [0.25, 0.3) is 11.8 Å². The number of anilines is 2. The van der Waals surface area contributed by atoms with Crippen molar-refractivity contribution in [2.24, 2.45) is 0 Å². The molecule has 0 unspecified atom stereocenters. The van der Waals surface area contributed by atoms with Crippen molar-refractivity contribution >= 4 is 44.6 Å². The molecule has 4 aromatic rings. The van der Waals surface area contributed by atoms with Gasteiger partial charge in [-0.1, -0.05) is 54.1 Å². The van der Waals surface area contributed by atoms with Crippen molar-refractivity contribution in [2.75, 3.05) is 30.0 Å². The quantitative estimate of drug-likeness (QED) is 0.264. The lowest BCUT2D eigenvalue weighted by atomic mass is 10.1. The summed E-state index contributed by atoms with van der Waals surface area (Å²) in [7, 11) is -2.06. The Kier molecular flexibility index (Phi) is 8.39. The maximum absolute atomic E-state index is 13.7. The molecule has 0 radical (unpaired) electrons. The molecule has 0 atom stereocenters. The zero-order chi connectivity index (χ0) is 29.0. The van der Waals surface area contributed by atoms with Gasteiger partial charge in [-0.15, -0.1) is 0 Å². The molecule has 0 aromatic heterocycles. The molecule has 8 nitrogen and oxygen atoms in total. The number of halogens is 1. The Bertz CT molecular complexity index is 1680. The first kappa shape index (κ1) is 28.4. The van der Waals surface area contributed by atoms with Crippen LogP contribution in [0, 0.1) is 0 Å². The molecule has 1 aliphatic heterocycles. The predicted octanol–water partition coefficient (Wildman–Crippen LogP) is 5.09. The Morgan fingerprint density at radius 3 is 2.37 bits per heavy atom. The zero-order valence-corrected chi connectivity index (χ0v) is 24.0. The van der Waals surface area contributed by atoms with Crippen LogP contribution in [0.1, 0.15) is 32.7 Å². The Morgan fingerprint density at radius 1 is 0.902 bits per heavy atom. The topological polar surface area (TPSA) is 98.8 Å². The summed E-state index contributed by atoms with van der Waals surface area (Å²) < 4.78 is 27.3. The van der Waals surface area contributed by atoms with Crippen molar-refractivity contribution in [1.82, 2.24) is 10.7 Å². The van der Waals surface area contributed by atoms with E-state index in [0.717, 1.165) is 17.8 Å². The number of para-hydroxylation sites is 1. The summed E-state index contributed by atoms with van der Waals surface area (Å²) in [6.07, 6.45) is 0.707. The van der Waals surface area contributed by atoms with Crippen LogP contribution < -0.4 is 20.7 Å². The number of carbonyl (C=O) groups is 2. The van der Waals surface area contributed by atoms with E-state index in [0.29, 0.717) is 18.0 Å². The monoisotopic (exact) mass is 588 g/mol. The number of fused-ring (bicyclic) bond motifs is 2. The van der Waals surface area contributed by atoms with E-state index in [-0.39, 0.29) is 39.1 Å². The first-order chi connectivity index (χ1) is 19.8. The van der Waals surface area contributed by atoms with E-state index in [1.807, 2.05) is 49.5 Å². The summed E-state index contributed by atoms with van der Waals surface area (Å²) in [6.45, 7) is 1.38. The van der Waals surface area contributed by atoms with E-state index in [9.17, 15) is 18.0 Å². The van der Waals surface area contributed by atoms with Crippen molar-refractivity contribution in [3.8, 4) is 0 Å². The fraction of sp³-hybridized carbons (Fsp3) is 0.161. The van der Waals surface area contributed by atoms with Crippen molar-refractivity contribution in [3.63, 3.8) is 0 Å². The summed E-state index contributed by atoms with van der Waals surface area (Å²) in [4.78, 5) is 28.8. The minimum atomic E-state index is -4.05. The van der Waals surface area contributed by atoms with Gasteiger partial charge in [0.1, 0.15) is 0 Å². The maximum Gasteiger partial charge on any atom is 0.274 e. The normalized spacial score (nSPS) is 13.6. The number of nitrogens with one attached hydrogen (secondary N) is 2. The minimum absolute atomic E-state index is 0.0424. The number of sulfone groups is 1. The second-order valence-corrected chi connectivity index (χ2v) is 12.0. The Morgan fingerprint density at radius 2 is 1.61 bits per heavy atom. The highest BCUT2D eigenvalue weighted by Crippen LogP contribution is 2.36. The molecule has 0 saturated carbocycles. The van der Waals surface area contributed by atoms with Crippen LogP contribution >= 0.6 is 11.6 Å². The lowest BCUT2D eigenvalue weighted by Gasteiger charge is -2.24. The van der Waals surface area contributed by atoms with Crippen LogP contribution in [-0.2, 0) is 16.4 Å². The van der Waals surface area contributed by atoms with Gasteiger partial charge in [-0.05, 0) is 66.6 Å². The molecule has 10 heteroatoms. The van der Waals surface area contributed by atoms with Crippen LogP contribution in [0.5, 0.6) is 0 Å². The third-order valence-electron chi connectivity index (χ3n) is 6.87. The third-order valence-corrected chi connectivity index (χ3v) is 8.98. The number of nitrogens with zero attached hydrogens (tertiary/aromatic N) is 2. The van der Waals surface area contributed by atoms with E-state index in [4.69, 9.17) is 11.6 Å². The van der Waals surface area contributed by atoms with E-state index in [2.05, 4.69) is 15.6 Å². The molecule has 0 spiro atoms. The Balaban J connectivity index is 1.39. The van der Waals surface area contributed by atoms with Crippen molar-refractivity contribution in [3.05, 3.63) is 119 Å². The third kappa shape index (κ3) is 6.12. The zero-order valence-electron chi connectivity index (χ0n) is 22.4. The number of hydrogen-bond acceptors (Lipinski definition) is 6. The lowest BCUT2D eigenvalue weighted by Crippen LogP contribution is -2.43. The van der Waals surface area contributed by atoms with Crippen LogP contribution in [0.2, 0.25) is 5.02 Å². The number of rotatable bonds is 9. The van der Waals surface area contributed by atoms with Gasteiger partial charge >= 0.3 is 0 Å². The first-order valence-electron chi connectivity index (χ1n) is 13.1. The molecule has 0 saturated heterocycles. The van der Waals surface area contributed by atoms with Gasteiger partial charge in [0, 0.05) is 43.0 Å². The molecule has 41 heavy (non-hydrogen) atoms. The molecule has 5 rings (SSSR count). The number of carbonyl (C=O) groups excluding carboxylic acids is 2. The summed E-state index contributed by atoms with van der Waals surface area (Å²) >= 11 is 6.00. The van der Waals surface area contributed by atoms with Gasteiger partial charge in [-0.3, -0.25) is 9.59 Å². The fourth-order valence-corrected chi connectivity index (χ4v) is 6.39. The standard InChI is InChI=1S/C31H29ClN4O4S/c1-35(25-8-3-2-4-9-25)19-7-18-33-30(37)23-14-17-29-27(20-23)36(34-21-22-12-15-24(32)16-13-22)31(38)26-10-5-6-11-28(26)41(29,39)40/h2-6,8-17,20,34H,7,18-19,21H2,1H3,(H,33,37). The average molecular weight is 589 g/mol. The molecule has 210 valence electrons. The van der Waals surface area contributed by atoms with Crippen molar-refractivity contribution in [2.45, 2.75) is 22.8 Å². The highest BCUT2D eigenvalue weighted by atomic mass is 35.5. The van der Waals surface area contributed by atoms with Gasteiger partial charge in [0.2, 0.25) is 9.84 Å². The number of benzene rings is 4. The van der Waals surface area contributed by atoms with Gasteiger partial charge in [0.05, 0.1) is 21.0 Å². The van der Waals surface area contributed by atoms with Crippen molar-refractivity contribution in [1.29, 1.82) is 0 Å². The van der Waals surface area contributed by atoms with E-state index in [1.54, 1.807) is 24.3 Å². The average Bonchev–Trinajstić information content (AvgIpc) is 3.06. The maximum atomic E-state index is 13.7. The van der Waals surface area contributed by atoms with Crippen LogP contribution in [0.3, 0.4) is 0 Å². The molecule has 2 N–H and O–H groups in total. The minimum Gasteiger partial charge on any atom is -0.375 e. The molecule has 1 heterocycles. The van der Waals surface area contributed by atoms with E-state index < -0.39 is 15.7 Å². The lowest BCUT2D eigenvalue weighted by molar-refractivity contribution is 0.0947. The fourth-order valence-electron chi connectivity index (χ4n) is 4.65. The number of hydrogen-bond donors (Lipinski definition) is 2. The van der Waals surface area contributed by atoms with Gasteiger partial charge < -0.3 is 10.2 Å². The molecule has 0 aliphatic carbocycles. The molecule has 0 bridgehead atoms. The van der Waals surface area contributed by atoms with Crippen LogP contribution in [0.15, 0.2) is 107 Å². The van der Waals surface area contributed by atoms with Gasteiger partial charge in [0.15, 0.2) is 0 Å². The first-order valence-corrected chi connectivity index (χ1v) is 15.0. The van der Waals surface area contributed by atoms with Crippen molar-refractivity contribution < 1.29 is 18.0 Å². The summed E-state index contributed by atoms with van der Waals surface area (Å²) in [5.74, 6) is -0.905. The van der Waals surface area contributed by atoms with Crippen LogP contribution in [-0.4, -0.2) is 40.4 Å². The second kappa shape index (κ2) is 12.1. The largest absolute Gasteiger partial charge is 0.375 e. The van der Waals surface area contributed by atoms with Gasteiger partial charge in [-0.25, -0.2) is 18.9 Å². The molecular weight excluding hydrogens is 560 g/mol. The van der Waals surface area contributed by atoms with Gasteiger partial charge in [-0.2, -0.15) is 0 Å². The molecule has 4 aromatic carbocycles. The van der Waals surface area contributed by atoms with E-state index >= 15 is 0 Å². The van der Waals surface area contributed by atoms with Crippen LogP contribution in [0.4, 0.5) is 11.4 Å². The SMILES string of the molecule is CN(CCCNC(=O)c1ccc2c(c1)N(NCc1ccc(Cl)cc1)C(=O)c1ccccc1S2(=O)=O)c1ccccc1. The summed E-state index contributed by atoms with van der Waals surface area (Å²) in [5.41, 5.74) is 5.35. The predicted molar refractivity (Wildman–Crippen MR) is 160 cm³/mol. The summed E-state index contributed by atoms with van der Waals surface area (Å²) in [6, 6.07) is 27.4. The molecule has 1 aliphatic rings. The molecular formula is C31H29ClN4O4S. The van der Waals surface area contributed by atoms with E-state index in [1.165, 1.54) is 35.3 Å². The Labute approximate surface area is 244 Å². The van der Waals surface area contributed by atoms with Crippen LogP contribution in [0.25, 0.3) is 0 Å². The number of amides is 2.